The molecule has 40 heavy (non-hydrogen) atoms. The molecule has 2 aliphatic heterocycles. The van der Waals surface area contributed by atoms with Crippen LogP contribution in [0.25, 0.3) is 0 Å². The first-order valence-electron chi connectivity index (χ1n) is 13.1. The minimum Gasteiger partial charge on any atom is -0.484 e. The Morgan fingerprint density at radius 2 is 1.73 bits per heavy atom. The quantitative estimate of drug-likeness (QED) is 0.353. The van der Waals surface area contributed by atoms with Gasteiger partial charge in [-0.05, 0) is 68.1 Å². The lowest BCUT2D eigenvalue weighted by Crippen LogP contribution is -2.40. The van der Waals surface area contributed by atoms with Crippen molar-refractivity contribution in [1.29, 1.82) is 0 Å². The van der Waals surface area contributed by atoms with E-state index in [4.69, 9.17) is 4.74 Å². The summed E-state index contributed by atoms with van der Waals surface area (Å²) in [5.74, 6) is -0.644. The van der Waals surface area contributed by atoms with Gasteiger partial charge in [0.15, 0.2) is 6.61 Å². The molecule has 0 unspecified atom stereocenters. The Bertz CT molecular complexity index is 1350. The fourth-order valence-corrected chi connectivity index (χ4v) is 5.93. The Morgan fingerprint density at radius 3 is 2.40 bits per heavy atom. The molecule has 2 aliphatic rings. The summed E-state index contributed by atoms with van der Waals surface area (Å²) >= 11 is 1.33. The monoisotopic (exact) mass is 576 g/mol. The van der Waals surface area contributed by atoms with Gasteiger partial charge in [0.25, 0.3) is 11.8 Å². The number of likely N-dealkylation sites (tertiary alicyclic amines) is 1. The number of nitrogens with one attached hydrogen (secondary N) is 1. The Morgan fingerprint density at radius 1 is 1.02 bits per heavy atom. The van der Waals surface area contributed by atoms with Crippen molar-refractivity contribution in [2.75, 3.05) is 43.0 Å². The standard InChI is InChI=1S/C28H28F4N4O3S/c29-20-4-6-21(7-5-20)39-16-25(37)36-13-9-18(10-14-36)27-34-23(17-40-27)26(38)33-22-15-19(28(30,31)32)3-8-24(22)35-11-1-2-12-35/h3-8,15,17-18H,1-2,9-14,16H2,(H,33,38). The molecule has 2 saturated heterocycles. The molecule has 3 aromatic rings. The lowest BCUT2D eigenvalue weighted by atomic mass is 9.97. The van der Waals surface area contributed by atoms with E-state index in [2.05, 4.69) is 10.3 Å². The number of hydrogen-bond acceptors (Lipinski definition) is 6. The molecule has 0 radical (unpaired) electrons. The highest BCUT2D eigenvalue weighted by Gasteiger charge is 2.32. The first-order valence-corrected chi connectivity index (χ1v) is 13.9. The molecule has 0 saturated carbocycles. The molecule has 0 bridgehead atoms. The fourth-order valence-electron chi connectivity index (χ4n) is 4.96. The first kappa shape index (κ1) is 27.9. The molecule has 2 aromatic carbocycles. The third-order valence-corrected chi connectivity index (χ3v) is 8.15. The summed E-state index contributed by atoms with van der Waals surface area (Å²) in [5, 5.41) is 5.03. The number of thiazole rings is 1. The van der Waals surface area contributed by atoms with Crippen molar-refractivity contribution < 1.29 is 31.9 Å². The Labute approximate surface area is 232 Å². The smallest absolute Gasteiger partial charge is 0.416 e. The molecular weight excluding hydrogens is 548 g/mol. The number of ether oxygens (including phenoxy) is 1. The second-order valence-corrected chi connectivity index (χ2v) is 10.7. The van der Waals surface area contributed by atoms with E-state index in [1.807, 2.05) is 4.90 Å². The number of rotatable bonds is 7. The summed E-state index contributed by atoms with van der Waals surface area (Å²) in [4.78, 5) is 33.7. The van der Waals surface area contributed by atoms with Gasteiger partial charge in [0.05, 0.1) is 21.9 Å². The van der Waals surface area contributed by atoms with Gasteiger partial charge < -0.3 is 19.9 Å². The summed E-state index contributed by atoms with van der Waals surface area (Å²) < 4.78 is 58.6. The van der Waals surface area contributed by atoms with Gasteiger partial charge >= 0.3 is 6.18 Å². The number of hydrogen-bond donors (Lipinski definition) is 1. The number of piperidine rings is 1. The number of alkyl halides is 3. The van der Waals surface area contributed by atoms with Crippen LogP contribution in [0.1, 0.15) is 52.7 Å². The molecule has 0 aliphatic carbocycles. The predicted molar refractivity (Wildman–Crippen MR) is 143 cm³/mol. The van der Waals surface area contributed by atoms with E-state index in [9.17, 15) is 27.2 Å². The molecule has 2 amide bonds. The second kappa shape index (κ2) is 11.8. The van der Waals surface area contributed by atoms with Crippen molar-refractivity contribution in [3.05, 3.63) is 69.9 Å². The van der Waals surface area contributed by atoms with Gasteiger partial charge in [-0.2, -0.15) is 13.2 Å². The van der Waals surface area contributed by atoms with Crippen molar-refractivity contribution in [3.8, 4) is 5.75 Å². The average Bonchev–Trinajstić information content (AvgIpc) is 3.65. The summed E-state index contributed by atoms with van der Waals surface area (Å²) in [7, 11) is 0. The number of aromatic nitrogens is 1. The highest BCUT2D eigenvalue weighted by atomic mass is 32.1. The fraction of sp³-hybridized carbons (Fsp3) is 0.393. The van der Waals surface area contributed by atoms with Crippen LogP contribution in [0, 0.1) is 5.82 Å². The first-order chi connectivity index (χ1) is 19.2. The van der Waals surface area contributed by atoms with Crippen molar-refractivity contribution in [2.24, 2.45) is 0 Å². The van der Waals surface area contributed by atoms with Crippen LogP contribution in [0.2, 0.25) is 0 Å². The molecule has 5 rings (SSSR count). The number of carbonyl (C=O) groups excluding carboxylic acids is 2. The molecule has 0 spiro atoms. The van der Waals surface area contributed by atoms with Crippen molar-refractivity contribution in [3.63, 3.8) is 0 Å². The number of amides is 2. The molecule has 12 heteroatoms. The molecule has 1 aromatic heterocycles. The van der Waals surface area contributed by atoms with Crippen LogP contribution < -0.4 is 15.0 Å². The van der Waals surface area contributed by atoms with E-state index in [-0.39, 0.29) is 35.6 Å². The predicted octanol–water partition coefficient (Wildman–Crippen LogP) is 5.94. The maximum Gasteiger partial charge on any atom is 0.416 e. The number of benzene rings is 2. The molecular formula is C28H28F4N4O3S. The van der Waals surface area contributed by atoms with E-state index < -0.39 is 17.6 Å². The average molecular weight is 577 g/mol. The van der Waals surface area contributed by atoms with Crippen molar-refractivity contribution in [2.45, 2.75) is 37.8 Å². The zero-order valence-corrected chi connectivity index (χ0v) is 22.4. The maximum absolute atomic E-state index is 13.4. The van der Waals surface area contributed by atoms with E-state index in [0.717, 1.165) is 30.0 Å². The van der Waals surface area contributed by atoms with Gasteiger partial charge in [0, 0.05) is 37.5 Å². The lowest BCUT2D eigenvalue weighted by Gasteiger charge is -2.31. The van der Waals surface area contributed by atoms with Crippen molar-refractivity contribution in [1.82, 2.24) is 9.88 Å². The topological polar surface area (TPSA) is 74.8 Å². The Kier molecular flexibility index (Phi) is 8.24. The van der Waals surface area contributed by atoms with Crippen molar-refractivity contribution >= 4 is 34.5 Å². The van der Waals surface area contributed by atoms with Gasteiger partial charge in [-0.25, -0.2) is 9.37 Å². The summed E-state index contributed by atoms with van der Waals surface area (Å²) in [6.45, 7) is 2.29. The Balaban J connectivity index is 1.19. The third-order valence-electron chi connectivity index (χ3n) is 7.15. The summed E-state index contributed by atoms with van der Waals surface area (Å²) in [6, 6.07) is 8.88. The van der Waals surface area contributed by atoms with Crippen LogP contribution in [0.5, 0.6) is 5.75 Å². The van der Waals surface area contributed by atoms with E-state index in [1.165, 1.54) is 41.7 Å². The molecule has 0 atom stereocenters. The van der Waals surface area contributed by atoms with Gasteiger partial charge in [-0.15, -0.1) is 11.3 Å². The van der Waals surface area contributed by atoms with E-state index >= 15 is 0 Å². The SMILES string of the molecule is O=C(Nc1cc(C(F)(F)F)ccc1N1CCCC1)c1csc(C2CCN(C(=O)COc3ccc(F)cc3)CC2)n1. The molecule has 3 heterocycles. The molecule has 7 nitrogen and oxygen atoms in total. The van der Waals surface area contributed by atoms with Crippen LogP contribution in [0.4, 0.5) is 28.9 Å². The zero-order chi connectivity index (χ0) is 28.3. The van der Waals surface area contributed by atoms with Crippen LogP contribution in [0.3, 0.4) is 0 Å². The number of anilines is 2. The summed E-state index contributed by atoms with van der Waals surface area (Å²) in [6.07, 6.45) is -1.33. The summed E-state index contributed by atoms with van der Waals surface area (Å²) in [5.41, 5.74) is 0.00535. The van der Waals surface area contributed by atoms with Crippen LogP contribution in [-0.2, 0) is 11.0 Å². The van der Waals surface area contributed by atoms with Crippen LogP contribution in [0.15, 0.2) is 47.8 Å². The lowest BCUT2D eigenvalue weighted by molar-refractivity contribution is -0.137. The molecule has 1 N–H and O–H groups in total. The molecule has 212 valence electrons. The highest BCUT2D eigenvalue weighted by molar-refractivity contribution is 7.10. The Hall–Kier alpha value is -3.67. The second-order valence-electron chi connectivity index (χ2n) is 9.85. The van der Waals surface area contributed by atoms with E-state index in [1.54, 1.807) is 10.3 Å². The van der Waals surface area contributed by atoms with Gasteiger partial charge in [-0.1, -0.05) is 0 Å². The minimum absolute atomic E-state index is 0.0577. The highest BCUT2D eigenvalue weighted by Crippen LogP contribution is 2.37. The normalized spacial score (nSPS) is 16.3. The molecule has 2 fully saturated rings. The number of carbonyl (C=O) groups is 2. The zero-order valence-electron chi connectivity index (χ0n) is 21.5. The van der Waals surface area contributed by atoms with Crippen LogP contribution in [-0.4, -0.2) is 54.5 Å². The van der Waals surface area contributed by atoms with Crippen LogP contribution >= 0.6 is 11.3 Å². The van der Waals surface area contributed by atoms with E-state index in [0.29, 0.717) is 50.5 Å². The maximum atomic E-state index is 13.4. The van der Waals surface area contributed by atoms with Gasteiger partial charge in [-0.3, -0.25) is 9.59 Å². The number of nitrogens with zero attached hydrogens (tertiary/aromatic N) is 3. The number of halogens is 4. The van der Waals surface area contributed by atoms with Gasteiger partial charge in [0.2, 0.25) is 0 Å². The minimum atomic E-state index is -4.53. The third kappa shape index (κ3) is 6.55. The van der Waals surface area contributed by atoms with Gasteiger partial charge in [0.1, 0.15) is 17.3 Å². The largest absolute Gasteiger partial charge is 0.484 e.